The summed E-state index contributed by atoms with van der Waals surface area (Å²) in [6.07, 6.45) is 3.06. The maximum atomic E-state index is 11.7. The molecular formula is C11H16Br2N2OS. The molecule has 0 fully saturated rings. The van der Waals surface area contributed by atoms with Gasteiger partial charge in [-0.05, 0) is 43.6 Å². The Morgan fingerprint density at radius 3 is 2.18 bits per heavy atom. The van der Waals surface area contributed by atoms with Crippen LogP contribution < -0.4 is 0 Å². The van der Waals surface area contributed by atoms with Crippen LogP contribution in [0.2, 0.25) is 0 Å². The third kappa shape index (κ3) is 7.91. The minimum atomic E-state index is -1.28. The van der Waals surface area contributed by atoms with Gasteiger partial charge in [0.25, 0.3) is 0 Å². The molecular weight excluding hydrogens is 368 g/mol. The topological polar surface area (TPSA) is 47.8 Å². The van der Waals surface area contributed by atoms with Gasteiger partial charge in [-0.3, -0.25) is 4.99 Å². The van der Waals surface area contributed by atoms with Crippen LogP contribution in [0.25, 0.3) is 0 Å². The van der Waals surface area contributed by atoms with Crippen LogP contribution in [-0.2, 0) is 11.4 Å². The molecule has 0 aromatic carbocycles. The third-order valence-electron chi connectivity index (χ3n) is 1.49. The molecule has 0 aliphatic carbocycles. The first-order chi connectivity index (χ1) is 7.64. The molecule has 0 bridgehead atoms. The van der Waals surface area contributed by atoms with Gasteiger partial charge in [0, 0.05) is 15.2 Å². The number of hydrogen-bond donors (Lipinski definition) is 0. The van der Waals surface area contributed by atoms with E-state index in [4.69, 9.17) is 0 Å². The van der Waals surface area contributed by atoms with Crippen molar-refractivity contribution in [3.63, 3.8) is 0 Å². The molecule has 0 aromatic heterocycles. The zero-order chi connectivity index (χ0) is 13.6. The van der Waals surface area contributed by atoms with E-state index in [1.165, 1.54) is 6.21 Å². The van der Waals surface area contributed by atoms with Crippen molar-refractivity contribution >= 4 is 55.7 Å². The molecule has 0 aromatic rings. The third-order valence-corrected chi connectivity index (χ3v) is 3.45. The second kappa shape index (κ2) is 7.51. The molecule has 0 aliphatic rings. The van der Waals surface area contributed by atoms with Crippen LogP contribution in [0.1, 0.15) is 27.7 Å². The van der Waals surface area contributed by atoms with Crippen molar-refractivity contribution in [3.8, 4) is 0 Å². The van der Waals surface area contributed by atoms with E-state index < -0.39 is 11.4 Å². The van der Waals surface area contributed by atoms with Gasteiger partial charge in [0.2, 0.25) is 0 Å². The smallest absolute Gasteiger partial charge is 0.144 e. The van der Waals surface area contributed by atoms with E-state index in [-0.39, 0.29) is 4.75 Å². The van der Waals surface area contributed by atoms with E-state index in [1.807, 2.05) is 27.7 Å². The number of allylic oxidation sites excluding steroid dienone is 3. The van der Waals surface area contributed by atoms with E-state index in [2.05, 4.69) is 47.8 Å². The molecule has 17 heavy (non-hydrogen) atoms. The molecule has 0 radical (unpaired) electrons. The van der Waals surface area contributed by atoms with Crippen LogP contribution in [0.5, 0.6) is 0 Å². The summed E-state index contributed by atoms with van der Waals surface area (Å²) < 4.78 is 16.8. The summed E-state index contributed by atoms with van der Waals surface area (Å²) in [6, 6.07) is 0. The molecule has 96 valence electrons. The van der Waals surface area contributed by atoms with Crippen LogP contribution in [0.3, 0.4) is 0 Å². The number of aliphatic imine (C=N–C) groups is 1. The first-order valence-corrected chi connectivity index (χ1v) is 7.54. The summed E-state index contributed by atoms with van der Waals surface area (Å²) in [4.78, 5) is 4.15. The van der Waals surface area contributed by atoms with E-state index in [9.17, 15) is 4.55 Å². The summed E-state index contributed by atoms with van der Waals surface area (Å²) >= 11 is 5.22. The molecule has 1 atom stereocenters. The molecule has 0 rings (SSSR count). The largest absolute Gasteiger partial charge is 0.591 e. The fourth-order valence-electron chi connectivity index (χ4n) is 0.607. The number of nitrogens with zero attached hydrogens (tertiary/aromatic N) is 2. The Hall–Kier alpha value is 0.0900. The Labute approximate surface area is 123 Å². The lowest BCUT2D eigenvalue weighted by molar-refractivity contribution is 0.562. The van der Waals surface area contributed by atoms with Crippen LogP contribution in [0.15, 0.2) is 30.6 Å². The van der Waals surface area contributed by atoms with Crippen LogP contribution >= 0.6 is 31.9 Å². The minimum Gasteiger partial charge on any atom is -0.591 e. The van der Waals surface area contributed by atoms with Gasteiger partial charge in [-0.15, -0.1) is 0 Å². The Morgan fingerprint density at radius 2 is 1.82 bits per heavy atom. The normalized spacial score (nSPS) is 16.4. The summed E-state index contributed by atoms with van der Waals surface area (Å²) in [5.74, 6) is 0. The van der Waals surface area contributed by atoms with Crippen molar-refractivity contribution in [1.29, 1.82) is 0 Å². The summed E-state index contributed by atoms with van der Waals surface area (Å²) in [5, 5.41) is 0. The summed E-state index contributed by atoms with van der Waals surface area (Å²) in [6.45, 7) is 11.1. The first kappa shape index (κ1) is 17.1. The van der Waals surface area contributed by atoms with Crippen LogP contribution in [0, 0.1) is 0 Å². The summed E-state index contributed by atoms with van der Waals surface area (Å²) in [7, 11) is 0. The average molecular weight is 384 g/mol. The lowest BCUT2D eigenvalue weighted by Gasteiger charge is -2.17. The zero-order valence-corrected chi connectivity index (χ0v) is 14.3. The van der Waals surface area contributed by atoms with Gasteiger partial charge in [0.1, 0.15) is 22.3 Å². The van der Waals surface area contributed by atoms with E-state index in [0.29, 0.717) is 10.2 Å². The Kier molecular flexibility index (Phi) is 7.55. The molecule has 6 heteroatoms. The second-order valence-corrected chi connectivity index (χ2v) is 8.36. The standard InChI is InChI=1S/C11H16Br2N2OS/c1-8(12)6-14-10(9(2)13)7-15-17(16)11(3,4)5/h6-7H,1H2,2-5H3/b10-9+,14-6-,15-7-/t17-/m0/s1. The van der Waals surface area contributed by atoms with Crippen molar-refractivity contribution in [3.05, 3.63) is 21.2 Å². The fraction of sp³-hybridized carbons (Fsp3) is 0.455. The van der Waals surface area contributed by atoms with Gasteiger partial charge in [0.15, 0.2) is 0 Å². The van der Waals surface area contributed by atoms with Gasteiger partial charge in [-0.25, -0.2) is 0 Å². The lowest BCUT2D eigenvalue weighted by Crippen LogP contribution is -2.25. The van der Waals surface area contributed by atoms with Crippen molar-refractivity contribution in [1.82, 2.24) is 0 Å². The molecule has 0 unspecified atom stereocenters. The Bertz CT molecular complexity index is 366. The van der Waals surface area contributed by atoms with Crippen LogP contribution in [-0.4, -0.2) is 21.7 Å². The van der Waals surface area contributed by atoms with E-state index in [0.717, 1.165) is 4.48 Å². The van der Waals surface area contributed by atoms with E-state index in [1.54, 1.807) is 6.21 Å². The van der Waals surface area contributed by atoms with Crippen molar-refractivity contribution in [2.24, 2.45) is 9.39 Å². The highest BCUT2D eigenvalue weighted by atomic mass is 79.9. The first-order valence-electron chi connectivity index (χ1n) is 4.85. The number of rotatable bonds is 4. The summed E-state index contributed by atoms with van der Waals surface area (Å²) in [5.41, 5.74) is 0.614. The lowest BCUT2D eigenvalue weighted by atomic mass is 10.3. The predicted octanol–water partition coefficient (Wildman–Crippen LogP) is 4.13. The molecule has 0 heterocycles. The number of hydrogen-bond acceptors (Lipinski definition) is 3. The van der Waals surface area contributed by atoms with Crippen molar-refractivity contribution in [2.45, 2.75) is 32.4 Å². The SMILES string of the molecule is C=C(Br)\C=N/C(/C=N\[S@@+]([O-])C(C)(C)C)=C(\C)Br. The highest BCUT2D eigenvalue weighted by Gasteiger charge is 2.25. The van der Waals surface area contributed by atoms with Gasteiger partial charge in [-0.2, -0.15) is 0 Å². The Balaban J connectivity index is 4.88. The van der Waals surface area contributed by atoms with Crippen molar-refractivity contribution < 1.29 is 4.55 Å². The fourth-order valence-corrected chi connectivity index (χ4v) is 1.43. The van der Waals surface area contributed by atoms with Crippen molar-refractivity contribution in [2.75, 3.05) is 0 Å². The quantitative estimate of drug-likeness (QED) is 0.531. The Morgan fingerprint density at radius 1 is 1.29 bits per heavy atom. The van der Waals surface area contributed by atoms with Gasteiger partial charge < -0.3 is 4.55 Å². The van der Waals surface area contributed by atoms with Gasteiger partial charge in [-0.1, -0.05) is 26.9 Å². The van der Waals surface area contributed by atoms with E-state index >= 15 is 0 Å². The van der Waals surface area contributed by atoms with Gasteiger partial charge in [0.05, 0.1) is 5.70 Å². The highest BCUT2D eigenvalue weighted by molar-refractivity contribution is 9.12. The van der Waals surface area contributed by atoms with Crippen LogP contribution in [0.4, 0.5) is 0 Å². The zero-order valence-electron chi connectivity index (χ0n) is 10.3. The molecule has 3 nitrogen and oxygen atoms in total. The minimum absolute atomic E-state index is 0.370. The second-order valence-electron chi connectivity index (χ2n) is 4.22. The molecule has 0 N–H and O–H groups in total. The maximum Gasteiger partial charge on any atom is 0.144 e. The maximum absolute atomic E-state index is 11.7. The molecule has 0 saturated carbocycles. The number of halogens is 2. The molecule has 0 aliphatic heterocycles. The predicted molar refractivity (Wildman–Crippen MR) is 84.6 cm³/mol. The molecule has 0 amide bonds. The van der Waals surface area contributed by atoms with Gasteiger partial charge >= 0.3 is 0 Å². The monoisotopic (exact) mass is 382 g/mol. The highest BCUT2D eigenvalue weighted by Crippen LogP contribution is 2.18. The molecule has 0 saturated heterocycles. The molecule has 0 spiro atoms. The average Bonchev–Trinajstić information content (AvgIpc) is 2.14.